The predicted octanol–water partition coefficient (Wildman–Crippen LogP) is 1.69. The van der Waals surface area contributed by atoms with E-state index in [1.807, 2.05) is 0 Å². The third kappa shape index (κ3) is 19.5. The first-order valence-electron chi connectivity index (χ1n) is 4.78. The number of aliphatic hydroxyl groups is 1. The Bertz CT molecular complexity index is 179. The Hall–Kier alpha value is -0.870. The smallest absolute Gasteiger partial charge is 0.330 e. The SMILES string of the molecule is C=C(C)C(=O)O.CC(C)(C)COCCO. The molecule has 0 amide bonds. The number of aliphatic carboxylic acids is 1. The third-order valence-corrected chi connectivity index (χ3v) is 1.14. The van der Waals surface area contributed by atoms with Gasteiger partial charge in [0, 0.05) is 5.57 Å². The first-order chi connectivity index (χ1) is 6.70. The summed E-state index contributed by atoms with van der Waals surface area (Å²) >= 11 is 0. The fourth-order valence-electron chi connectivity index (χ4n) is 0.443. The van der Waals surface area contributed by atoms with E-state index in [1.54, 1.807) is 0 Å². The van der Waals surface area contributed by atoms with E-state index in [0.29, 0.717) is 13.2 Å². The quantitative estimate of drug-likeness (QED) is 0.556. The highest BCUT2D eigenvalue weighted by Gasteiger charge is 2.08. The Balaban J connectivity index is 0. The first kappa shape index (κ1) is 16.6. The Kier molecular flexibility index (Phi) is 9.31. The van der Waals surface area contributed by atoms with E-state index in [0.717, 1.165) is 0 Å². The monoisotopic (exact) mass is 218 g/mol. The Morgan fingerprint density at radius 1 is 1.40 bits per heavy atom. The van der Waals surface area contributed by atoms with Crippen molar-refractivity contribution in [3.05, 3.63) is 12.2 Å². The molecule has 0 unspecified atom stereocenters. The summed E-state index contributed by atoms with van der Waals surface area (Å²) in [5.41, 5.74) is 0.393. The Labute approximate surface area is 91.6 Å². The van der Waals surface area contributed by atoms with E-state index in [-0.39, 0.29) is 17.6 Å². The second-order valence-electron chi connectivity index (χ2n) is 4.42. The molecule has 0 radical (unpaired) electrons. The van der Waals surface area contributed by atoms with Crippen molar-refractivity contribution < 1.29 is 19.7 Å². The van der Waals surface area contributed by atoms with Gasteiger partial charge in [-0.3, -0.25) is 0 Å². The lowest BCUT2D eigenvalue weighted by Gasteiger charge is -2.17. The van der Waals surface area contributed by atoms with E-state index in [4.69, 9.17) is 14.9 Å². The molecule has 0 saturated carbocycles. The zero-order valence-electron chi connectivity index (χ0n) is 10.0. The molecule has 0 aromatic heterocycles. The average molecular weight is 218 g/mol. The molecular weight excluding hydrogens is 196 g/mol. The van der Waals surface area contributed by atoms with Crippen molar-refractivity contribution in [1.82, 2.24) is 0 Å². The maximum absolute atomic E-state index is 9.60. The van der Waals surface area contributed by atoms with Crippen molar-refractivity contribution in [2.45, 2.75) is 27.7 Å². The summed E-state index contributed by atoms with van der Waals surface area (Å²) in [4.78, 5) is 9.60. The van der Waals surface area contributed by atoms with E-state index >= 15 is 0 Å². The van der Waals surface area contributed by atoms with Crippen molar-refractivity contribution in [2.24, 2.45) is 5.41 Å². The summed E-state index contributed by atoms with van der Waals surface area (Å²) in [6.45, 7) is 12.2. The number of rotatable bonds is 4. The zero-order chi connectivity index (χ0) is 12.5. The molecule has 0 spiro atoms. The number of carbonyl (C=O) groups is 1. The Morgan fingerprint density at radius 3 is 2.00 bits per heavy atom. The maximum atomic E-state index is 9.60. The lowest BCUT2D eigenvalue weighted by atomic mass is 9.99. The van der Waals surface area contributed by atoms with E-state index in [9.17, 15) is 4.79 Å². The minimum Gasteiger partial charge on any atom is -0.478 e. The van der Waals surface area contributed by atoms with E-state index < -0.39 is 5.97 Å². The van der Waals surface area contributed by atoms with Crippen LogP contribution in [0.5, 0.6) is 0 Å². The minimum atomic E-state index is -0.935. The number of aliphatic hydroxyl groups excluding tert-OH is 1. The topological polar surface area (TPSA) is 66.8 Å². The normalized spacial score (nSPS) is 10.2. The molecule has 90 valence electrons. The van der Waals surface area contributed by atoms with Gasteiger partial charge in [-0.05, 0) is 12.3 Å². The van der Waals surface area contributed by atoms with Crippen LogP contribution in [0.15, 0.2) is 12.2 Å². The molecule has 2 N–H and O–H groups in total. The molecule has 15 heavy (non-hydrogen) atoms. The molecular formula is C11H22O4. The molecule has 0 rings (SSSR count). The van der Waals surface area contributed by atoms with Crippen LogP contribution in [0.3, 0.4) is 0 Å². The van der Waals surface area contributed by atoms with Crippen LogP contribution in [-0.2, 0) is 9.53 Å². The van der Waals surface area contributed by atoms with Crippen LogP contribution in [0, 0.1) is 5.41 Å². The highest BCUT2D eigenvalue weighted by molar-refractivity contribution is 5.84. The van der Waals surface area contributed by atoms with Gasteiger partial charge in [-0.2, -0.15) is 0 Å². The van der Waals surface area contributed by atoms with Crippen LogP contribution >= 0.6 is 0 Å². The van der Waals surface area contributed by atoms with Crippen LogP contribution in [0.2, 0.25) is 0 Å². The van der Waals surface area contributed by atoms with Gasteiger partial charge in [0.15, 0.2) is 0 Å². The van der Waals surface area contributed by atoms with Gasteiger partial charge in [0.1, 0.15) is 0 Å². The minimum absolute atomic E-state index is 0.121. The van der Waals surface area contributed by atoms with Gasteiger partial charge in [0.2, 0.25) is 0 Å². The van der Waals surface area contributed by atoms with Crippen LogP contribution in [0.25, 0.3) is 0 Å². The number of carboxylic acids is 1. The molecule has 0 aliphatic heterocycles. The molecule has 0 aromatic carbocycles. The lowest BCUT2D eigenvalue weighted by Crippen LogP contribution is -2.15. The van der Waals surface area contributed by atoms with Crippen LogP contribution < -0.4 is 0 Å². The van der Waals surface area contributed by atoms with Gasteiger partial charge < -0.3 is 14.9 Å². The molecule has 0 saturated heterocycles. The first-order valence-corrected chi connectivity index (χ1v) is 4.78. The van der Waals surface area contributed by atoms with Crippen molar-refractivity contribution >= 4 is 5.97 Å². The van der Waals surface area contributed by atoms with Crippen molar-refractivity contribution in [3.63, 3.8) is 0 Å². The van der Waals surface area contributed by atoms with Crippen molar-refractivity contribution in [2.75, 3.05) is 19.8 Å². The molecule has 4 heteroatoms. The molecule has 0 fully saturated rings. The highest BCUT2D eigenvalue weighted by Crippen LogP contribution is 2.12. The molecule has 0 heterocycles. The highest BCUT2D eigenvalue weighted by atomic mass is 16.5. The molecule has 0 aromatic rings. The summed E-state index contributed by atoms with van der Waals surface area (Å²) in [5, 5.41) is 16.2. The standard InChI is InChI=1S/C7H16O2.C4H6O2/c1-7(2,3)6-9-5-4-8;1-3(2)4(5)6/h8H,4-6H2,1-3H3;1H2,2H3,(H,5,6). The molecule has 0 bridgehead atoms. The van der Waals surface area contributed by atoms with Crippen LogP contribution in [-0.4, -0.2) is 36.0 Å². The van der Waals surface area contributed by atoms with Gasteiger partial charge >= 0.3 is 5.97 Å². The number of hydrogen-bond donors (Lipinski definition) is 2. The largest absolute Gasteiger partial charge is 0.478 e. The molecule has 0 atom stereocenters. The van der Waals surface area contributed by atoms with Gasteiger partial charge in [-0.15, -0.1) is 0 Å². The maximum Gasteiger partial charge on any atom is 0.330 e. The second kappa shape index (κ2) is 8.44. The second-order valence-corrected chi connectivity index (χ2v) is 4.42. The summed E-state index contributed by atoms with van der Waals surface area (Å²) < 4.78 is 5.10. The van der Waals surface area contributed by atoms with E-state index in [2.05, 4.69) is 27.4 Å². The predicted molar refractivity (Wildman–Crippen MR) is 59.8 cm³/mol. The van der Waals surface area contributed by atoms with Crippen LogP contribution in [0.4, 0.5) is 0 Å². The van der Waals surface area contributed by atoms with Gasteiger partial charge in [0.05, 0.1) is 19.8 Å². The number of carboxylic acid groups (broad SMARTS) is 1. The van der Waals surface area contributed by atoms with Crippen LogP contribution in [0.1, 0.15) is 27.7 Å². The summed E-state index contributed by atoms with van der Waals surface area (Å²) in [5.74, 6) is -0.935. The van der Waals surface area contributed by atoms with Gasteiger partial charge in [0.25, 0.3) is 0 Å². The summed E-state index contributed by atoms with van der Waals surface area (Å²) in [7, 11) is 0. The zero-order valence-corrected chi connectivity index (χ0v) is 10.0. The number of hydrogen-bond acceptors (Lipinski definition) is 3. The van der Waals surface area contributed by atoms with Gasteiger partial charge in [-0.25, -0.2) is 4.79 Å². The summed E-state index contributed by atoms with van der Waals surface area (Å²) in [6.07, 6.45) is 0. The summed E-state index contributed by atoms with van der Waals surface area (Å²) in [6, 6.07) is 0. The lowest BCUT2D eigenvalue weighted by molar-refractivity contribution is -0.132. The van der Waals surface area contributed by atoms with Gasteiger partial charge in [-0.1, -0.05) is 27.4 Å². The Morgan fingerprint density at radius 2 is 1.80 bits per heavy atom. The molecule has 0 aliphatic rings. The molecule has 0 aliphatic carbocycles. The van der Waals surface area contributed by atoms with E-state index in [1.165, 1.54) is 6.92 Å². The fourth-order valence-corrected chi connectivity index (χ4v) is 0.443. The number of ether oxygens (including phenoxy) is 1. The average Bonchev–Trinajstić information content (AvgIpc) is 2.03. The fraction of sp³-hybridized carbons (Fsp3) is 0.727. The van der Waals surface area contributed by atoms with Crippen molar-refractivity contribution in [1.29, 1.82) is 0 Å². The molecule has 4 nitrogen and oxygen atoms in total. The third-order valence-electron chi connectivity index (χ3n) is 1.14. The van der Waals surface area contributed by atoms with Crippen molar-refractivity contribution in [3.8, 4) is 0 Å².